The summed E-state index contributed by atoms with van der Waals surface area (Å²) in [5.41, 5.74) is 1.30. The van der Waals surface area contributed by atoms with Crippen molar-refractivity contribution in [2.75, 3.05) is 51.8 Å². The van der Waals surface area contributed by atoms with Gasteiger partial charge in [0.05, 0.1) is 7.11 Å². The molecule has 1 aromatic rings. The van der Waals surface area contributed by atoms with Crippen LogP contribution in [0, 0.1) is 0 Å². The third-order valence-corrected chi connectivity index (χ3v) is 4.19. The quantitative estimate of drug-likeness (QED) is 0.858. The van der Waals surface area contributed by atoms with E-state index in [1.165, 1.54) is 12.1 Å². The zero-order valence-electron chi connectivity index (χ0n) is 12.9. The van der Waals surface area contributed by atoms with Crippen LogP contribution in [0.25, 0.3) is 0 Å². The van der Waals surface area contributed by atoms with Crippen LogP contribution in [0.3, 0.4) is 0 Å². The minimum atomic E-state index is 0.667. The van der Waals surface area contributed by atoms with Gasteiger partial charge in [0.2, 0.25) is 0 Å². The fourth-order valence-corrected chi connectivity index (χ4v) is 2.75. The highest BCUT2D eigenvalue weighted by Crippen LogP contribution is 2.21. The number of nitrogens with one attached hydrogen (secondary N) is 1. The average Bonchev–Trinajstić information content (AvgIpc) is 2.53. The molecule has 0 amide bonds. The summed E-state index contributed by atoms with van der Waals surface area (Å²) in [6.45, 7) is 7.94. The molecule has 1 aliphatic heterocycles. The number of benzene rings is 1. The molecule has 0 spiro atoms. The van der Waals surface area contributed by atoms with Crippen molar-refractivity contribution >= 4 is 5.69 Å². The van der Waals surface area contributed by atoms with Crippen molar-refractivity contribution in [3.05, 3.63) is 24.3 Å². The SMILES string of the molecule is CNCCC(C)N1CCN(c2ccc(OC)cc2)CC1. The number of methoxy groups -OCH3 is 1. The van der Waals surface area contributed by atoms with Crippen LogP contribution in [-0.4, -0.2) is 57.8 Å². The fourth-order valence-electron chi connectivity index (χ4n) is 2.75. The fraction of sp³-hybridized carbons (Fsp3) is 0.625. The van der Waals surface area contributed by atoms with E-state index >= 15 is 0 Å². The molecule has 0 radical (unpaired) electrons. The molecule has 2 rings (SSSR count). The van der Waals surface area contributed by atoms with E-state index in [0.29, 0.717) is 6.04 Å². The van der Waals surface area contributed by atoms with E-state index in [1.54, 1.807) is 7.11 Å². The predicted molar refractivity (Wildman–Crippen MR) is 84.8 cm³/mol. The van der Waals surface area contributed by atoms with Gasteiger partial charge in [0.25, 0.3) is 0 Å². The molecule has 0 aromatic heterocycles. The van der Waals surface area contributed by atoms with Crippen LogP contribution >= 0.6 is 0 Å². The van der Waals surface area contributed by atoms with Gasteiger partial charge in [-0.15, -0.1) is 0 Å². The molecule has 0 aliphatic carbocycles. The lowest BCUT2D eigenvalue weighted by molar-refractivity contribution is 0.188. The zero-order valence-corrected chi connectivity index (χ0v) is 12.9. The predicted octanol–water partition coefficient (Wildman–Crippen LogP) is 1.82. The number of anilines is 1. The summed E-state index contributed by atoms with van der Waals surface area (Å²) in [6.07, 6.45) is 1.22. The third kappa shape index (κ3) is 3.87. The van der Waals surface area contributed by atoms with Crippen LogP contribution in [0.2, 0.25) is 0 Å². The first kappa shape index (κ1) is 15.1. The molecule has 1 heterocycles. The molecule has 1 unspecified atom stereocenters. The van der Waals surface area contributed by atoms with E-state index in [9.17, 15) is 0 Å². The van der Waals surface area contributed by atoms with Gasteiger partial charge in [-0.05, 0) is 51.2 Å². The van der Waals surface area contributed by atoms with Gasteiger partial charge in [0.1, 0.15) is 5.75 Å². The molecule has 0 saturated carbocycles. The van der Waals surface area contributed by atoms with Gasteiger partial charge in [-0.25, -0.2) is 0 Å². The second kappa shape index (κ2) is 7.50. The Hall–Kier alpha value is -1.26. The number of nitrogens with zero attached hydrogens (tertiary/aromatic N) is 2. The Morgan fingerprint density at radius 2 is 1.80 bits per heavy atom. The van der Waals surface area contributed by atoms with Gasteiger partial charge in [-0.2, -0.15) is 0 Å². The van der Waals surface area contributed by atoms with Crippen LogP contribution in [0.15, 0.2) is 24.3 Å². The Morgan fingerprint density at radius 1 is 1.15 bits per heavy atom. The van der Waals surface area contributed by atoms with Gasteiger partial charge in [0.15, 0.2) is 0 Å². The summed E-state index contributed by atoms with van der Waals surface area (Å²) in [4.78, 5) is 5.05. The lowest BCUT2D eigenvalue weighted by atomic mass is 10.1. The maximum Gasteiger partial charge on any atom is 0.119 e. The molecular weight excluding hydrogens is 250 g/mol. The number of ether oxygens (including phenoxy) is 1. The van der Waals surface area contributed by atoms with Crippen molar-refractivity contribution in [2.45, 2.75) is 19.4 Å². The molecule has 1 atom stereocenters. The Morgan fingerprint density at radius 3 is 2.35 bits per heavy atom. The smallest absolute Gasteiger partial charge is 0.119 e. The van der Waals surface area contributed by atoms with E-state index < -0.39 is 0 Å². The number of hydrogen-bond donors (Lipinski definition) is 1. The average molecular weight is 277 g/mol. The van der Waals surface area contributed by atoms with Crippen molar-refractivity contribution in [3.8, 4) is 5.75 Å². The molecule has 1 aliphatic rings. The first-order valence-electron chi connectivity index (χ1n) is 7.52. The number of rotatable bonds is 6. The highest BCUT2D eigenvalue weighted by molar-refractivity contribution is 5.49. The molecule has 1 fully saturated rings. The van der Waals surface area contributed by atoms with Crippen molar-refractivity contribution in [1.29, 1.82) is 0 Å². The van der Waals surface area contributed by atoms with Crippen LogP contribution in [0.5, 0.6) is 5.75 Å². The highest BCUT2D eigenvalue weighted by Gasteiger charge is 2.20. The largest absolute Gasteiger partial charge is 0.497 e. The maximum atomic E-state index is 5.21. The van der Waals surface area contributed by atoms with Gasteiger partial charge in [-0.1, -0.05) is 0 Å². The molecule has 0 bridgehead atoms. The van der Waals surface area contributed by atoms with Gasteiger partial charge < -0.3 is 15.0 Å². The highest BCUT2D eigenvalue weighted by atomic mass is 16.5. The minimum absolute atomic E-state index is 0.667. The van der Waals surface area contributed by atoms with Crippen LogP contribution in [0.4, 0.5) is 5.69 Å². The second-order valence-electron chi connectivity index (χ2n) is 5.46. The van der Waals surface area contributed by atoms with E-state index in [1.807, 2.05) is 19.2 Å². The van der Waals surface area contributed by atoms with Crippen LogP contribution < -0.4 is 15.0 Å². The number of piperazine rings is 1. The number of hydrogen-bond acceptors (Lipinski definition) is 4. The molecule has 4 nitrogen and oxygen atoms in total. The van der Waals surface area contributed by atoms with E-state index in [4.69, 9.17) is 4.74 Å². The zero-order chi connectivity index (χ0) is 14.4. The van der Waals surface area contributed by atoms with Crippen molar-refractivity contribution in [3.63, 3.8) is 0 Å². The standard InChI is InChI=1S/C16H27N3O/c1-14(8-9-17-2)18-10-12-19(13-11-18)15-4-6-16(20-3)7-5-15/h4-7,14,17H,8-13H2,1-3H3. The van der Waals surface area contributed by atoms with Gasteiger partial charge in [0, 0.05) is 37.9 Å². The summed E-state index contributed by atoms with van der Waals surface area (Å²) >= 11 is 0. The molecule has 1 aromatic carbocycles. The Kier molecular flexibility index (Phi) is 5.68. The monoisotopic (exact) mass is 277 g/mol. The van der Waals surface area contributed by atoms with Gasteiger partial charge >= 0.3 is 0 Å². The minimum Gasteiger partial charge on any atom is -0.497 e. The maximum absolute atomic E-state index is 5.21. The van der Waals surface area contributed by atoms with Crippen molar-refractivity contribution < 1.29 is 4.74 Å². The van der Waals surface area contributed by atoms with Crippen molar-refractivity contribution in [2.24, 2.45) is 0 Å². The Labute approximate surface area is 122 Å². The molecule has 4 heteroatoms. The van der Waals surface area contributed by atoms with Crippen LogP contribution in [-0.2, 0) is 0 Å². The van der Waals surface area contributed by atoms with Crippen LogP contribution in [0.1, 0.15) is 13.3 Å². The van der Waals surface area contributed by atoms with E-state index in [2.05, 4.69) is 34.2 Å². The molecular formula is C16H27N3O. The summed E-state index contributed by atoms with van der Waals surface area (Å²) in [7, 11) is 3.73. The Balaban J connectivity index is 1.83. The molecule has 112 valence electrons. The first-order valence-corrected chi connectivity index (χ1v) is 7.52. The molecule has 20 heavy (non-hydrogen) atoms. The summed E-state index contributed by atoms with van der Waals surface area (Å²) in [6, 6.07) is 9.05. The topological polar surface area (TPSA) is 27.7 Å². The summed E-state index contributed by atoms with van der Waals surface area (Å²) in [5.74, 6) is 0.924. The summed E-state index contributed by atoms with van der Waals surface area (Å²) < 4.78 is 5.21. The van der Waals surface area contributed by atoms with E-state index in [0.717, 1.165) is 38.5 Å². The lowest BCUT2D eigenvalue weighted by Gasteiger charge is -2.39. The third-order valence-electron chi connectivity index (χ3n) is 4.19. The first-order chi connectivity index (χ1) is 9.74. The summed E-state index contributed by atoms with van der Waals surface area (Å²) in [5, 5.41) is 3.23. The van der Waals surface area contributed by atoms with E-state index in [-0.39, 0.29) is 0 Å². The second-order valence-corrected chi connectivity index (χ2v) is 5.46. The lowest BCUT2D eigenvalue weighted by Crippen LogP contribution is -2.50. The normalized spacial score (nSPS) is 18.1. The molecule has 1 N–H and O–H groups in total. The van der Waals surface area contributed by atoms with Gasteiger partial charge in [-0.3, -0.25) is 4.90 Å². The molecule has 1 saturated heterocycles. The Bertz CT molecular complexity index is 385. The van der Waals surface area contributed by atoms with Crippen molar-refractivity contribution in [1.82, 2.24) is 10.2 Å².